The highest BCUT2D eigenvalue weighted by Crippen LogP contribution is 2.26. The topological polar surface area (TPSA) is 93.8 Å². The first-order valence-corrected chi connectivity index (χ1v) is 10.1. The molecule has 0 fully saturated rings. The molecule has 5 aromatic rings. The van der Waals surface area contributed by atoms with E-state index < -0.39 is 4.92 Å². The van der Waals surface area contributed by atoms with E-state index in [2.05, 4.69) is 9.97 Å². The minimum absolute atomic E-state index is 0.162. The molecule has 1 N–H and O–H groups in total. The molecule has 5 rings (SSSR count). The van der Waals surface area contributed by atoms with Crippen molar-refractivity contribution < 1.29 is 4.92 Å². The molecule has 32 heavy (non-hydrogen) atoms. The summed E-state index contributed by atoms with van der Waals surface area (Å²) in [5.41, 5.74) is 3.13. The van der Waals surface area contributed by atoms with Crippen molar-refractivity contribution in [2.75, 3.05) is 0 Å². The van der Waals surface area contributed by atoms with Crippen LogP contribution in [0.25, 0.3) is 39.6 Å². The van der Waals surface area contributed by atoms with E-state index in [1.54, 1.807) is 48.5 Å². The zero-order valence-corrected chi connectivity index (χ0v) is 17.1. The lowest BCUT2D eigenvalue weighted by Crippen LogP contribution is -2.23. The molecule has 156 valence electrons. The van der Waals surface area contributed by atoms with Crippen molar-refractivity contribution in [3.05, 3.63) is 110 Å². The van der Waals surface area contributed by atoms with Crippen LogP contribution < -0.4 is 5.56 Å². The SMILES string of the molecule is Cc1[nH]c2ccccc2c1C=Cc1nc2ccccc2c(=O)n1-c1ccccc1[N+](=O)[O-]. The predicted molar refractivity (Wildman–Crippen MR) is 126 cm³/mol. The van der Waals surface area contributed by atoms with Crippen molar-refractivity contribution in [2.45, 2.75) is 6.92 Å². The lowest BCUT2D eigenvalue weighted by Gasteiger charge is -2.11. The number of nitrogens with one attached hydrogen (secondary N) is 1. The van der Waals surface area contributed by atoms with Crippen molar-refractivity contribution in [1.82, 2.24) is 14.5 Å². The Morgan fingerprint density at radius 2 is 1.62 bits per heavy atom. The fourth-order valence-corrected chi connectivity index (χ4v) is 3.97. The van der Waals surface area contributed by atoms with Gasteiger partial charge in [-0.15, -0.1) is 0 Å². The van der Waals surface area contributed by atoms with Gasteiger partial charge in [-0.05, 0) is 43.3 Å². The first-order chi connectivity index (χ1) is 15.5. The summed E-state index contributed by atoms with van der Waals surface area (Å²) in [5, 5.41) is 13.1. The van der Waals surface area contributed by atoms with Gasteiger partial charge < -0.3 is 4.98 Å². The highest BCUT2D eigenvalue weighted by molar-refractivity contribution is 5.93. The van der Waals surface area contributed by atoms with Gasteiger partial charge in [0.2, 0.25) is 0 Å². The molecule has 0 aliphatic rings. The van der Waals surface area contributed by atoms with Gasteiger partial charge in [-0.25, -0.2) is 4.98 Å². The molecule has 0 bridgehead atoms. The summed E-state index contributed by atoms with van der Waals surface area (Å²) in [6.07, 6.45) is 3.61. The molecule has 0 aliphatic heterocycles. The molecule has 2 heterocycles. The lowest BCUT2D eigenvalue weighted by molar-refractivity contribution is -0.384. The number of H-pyrrole nitrogens is 1. The van der Waals surface area contributed by atoms with Crippen LogP contribution in [0.5, 0.6) is 0 Å². The van der Waals surface area contributed by atoms with E-state index in [0.717, 1.165) is 22.2 Å². The number of nitro groups is 1. The van der Waals surface area contributed by atoms with Crippen molar-refractivity contribution in [3.63, 3.8) is 0 Å². The molecule has 0 radical (unpaired) electrons. The van der Waals surface area contributed by atoms with Crippen LogP contribution in [0.2, 0.25) is 0 Å². The molecule has 0 atom stereocenters. The summed E-state index contributed by atoms with van der Waals surface area (Å²) in [5.74, 6) is 0.313. The summed E-state index contributed by atoms with van der Waals surface area (Å²) in [4.78, 5) is 32.6. The fraction of sp³-hybridized carbons (Fsp3) is 0.0400. The van der Waals surface area contributed by atoms with Crippen LogP contribution in [0.1, 0.15) is 17.1 Å². The molecular formula is C25H18N4O3. The van der Waals surface area contributed by atoms with Crippen molar-refractivity contribution in [1.29, 1.82) is 0 Å². The number of para-hydroxylation sites is 4. The van der Waals surface area contributed by atoms with Gasteiger partial charge in [-0.2, -0.15) is 0 Å². The smallest absolute Gasteiger partial charge is 0.293 e. The largest absolute Gasteiger partial charge is 0.358 e. The van der Waals surface area contributed by atoms with E-state index in [4.69, 9.17) is 0 Å². The first-order valence-electron chi connectivity index (χ1n) is 10.1. The Hall–Kier alpha value is -4.52. The molecule has 3 aromatic carbocycles. The van der Waals surface area contributed by atoms with Gasteiger partial charge in [0.05, 0.1) is 15.8 Å². The average molecular weight is 422 g/mol. The molecule has 2 aromatic heterocycles. The number of nitro benzene ring substituents is 1. The minimum Gasteiger partial charge on any atom is -0.358 e. The van der Waals surface area contributed by atoms with E-state index in [-0.39, 0.29) is 16.9 Å². The van der Waals surface area contributed by atoms with Crippen LogP contribution >= 0.6 is 0 Å². The minimum atomic E-state index is -0.492. The van der Waals surface area contributed by atoms with Gasteiger partial charge in [0.1, 0.15) is 11.5 Å². The Morgan fingerprint density at radius 3 is 2.44 bits per heavy atom. The number of aryl methyl sites for hydroxylation is 1. The third-order valence-corrected chi connectivity index (χ3v) is 5.46. The molecular weight excluding hydrogens is 404 g/mol. The van der Waals surface area contributed by atoms with E-state index in [9.17, 15) is 14.9 Å². The maximum atomic E-state index is 13.4. The van der Waals surface area contributed by atoms with Crippen LogP contribution in [0.4, 0.5) is 5.69 Å². The van der Waals surface area contributed by atoms with E-state index in [1.807, 2.05) is 37.3 Å². The molecule has 7 heteroatoms. The van der Waals surface area contributed by atoms with Crippen LogP contribution in [0.3, 0.4) is 0 Å². The highest BCUT2D eigenvalue weighted by Gasteiger charge is 2.19. The summed E-state index contributed by atoms with van der Waals surface area (Å²) in [6, 6.07) is 21.1. The number of hydrogen-bond donors (Lipinski definition) is 1. The monoisotopic (exact) mass is 422 g/mol. The number of rotatable bonds is 4. The Labute approximate surface area is 182 Å². The van der Waals surface area contributed by atoms with Gasteiger partial charge >= 0.3 is 0 Å². The third kappa shape index (κ3) is 3.16. The molecule has 0 saturated heterocycles. The lowest BCUT2D eigenvalue weighted by atomic mass is 10.1. The summed E-state index contributed by atoms with van der Waals surface area (Å²) in [6.45, 7) is 1.97. The van der Waals surface area contributed by atoms with Crippen LogP contribution in [0.15, 0.2) is 77.6 Å². The molecule has 0 aliphatic carbocycles. The molecule has 7 nitrogen and oxygen atoms in total. The number of nitrogens with zero attached hydrogens (tertiary/aromatic N) is 3. The number of aromatic nitrogens is 3. The average Bonchev–Trinajstić information content (AvgIpc) is 3.12. The van der Waals surface area contributed by atoms with E-state index in [0.29, 0.717) is 16.7 Å². The summed E-state index contributed by atoms with van der Waals surface area (Å²) >= 11 is 0. The quantitative estimate of drug-likeness (QED) is 0.316. The normalized spacial score (nSPS) is 11.5. The molecule has 0 amide bonds. The third-order valence-electron chi connectivity index (χ3n) is 5.46. The Balaban J connectivity index is 1.79. The number of benzene rings is 3. The number of hydrogen-bond acceptors (Lipinski definition) is 4. The zero-order valence-electron chi connectivity index (χ0n) is 17.1. The van der Waals surface area contributed by atoms with Gasteiger partial charge in [0.15, 0.2) is 0 Å². The zero-order chi connectivity index (χ0) is 22.2. The Bertz CT molecular complexity index is 1590. The predicted octanol–water partition coefficient (Wildman–Crippen LogP) is 5.25. The number of fused-ring (bicyclic) bond motifs is 2. The maximum Gasteiger partial charge on any atom is 0.293 e. The molecule has 0 spiro atoms. The standard InChI is InChI=1S/C25H18N4O3/c1-16-17(18-8-2-4-10-20(18)26-16)14-15-24-27-21-11-5-3-9-19(21)25(30)28(24)22-12-6-7-13-23(22)29(31)32/h2-15,26H,1H3. The van der Waals surface area contributed by atoms with Gasteiger partial charge in [0.25, 0.3) is 11.2 Å². The van der Waals surface area contributed by atoms with Crippen molar-refractivity contribution in [3.8, 4) is 5.69 Å². The number of aromatic amines is 1. The van der Waals surface area contributed by atoms with Crippen LogP contribution in [-0.4, -0.2) is 19.5 Å². The second-order valence-electron chi connectivity index (χ2n) is 7.42. The second kappa shape index (κ2) is 7.63. The maximum absolute atomic E-state index is 13.4. The second-order valence-corrected chi connectivity index (χ2v) is 7.42. The first kappa shape index (κ1) is 19.4. The summed E-state index contributed by atoms with van der Waals surface area (Å²) < 4.78 is 1.31. The van der Waals surface area contributed by atoms with Crippen LogP contribution in [0, 0.1) is 17.0 Å². The van der Waals surface area contributed by atoms with Gasteiger partial charge in [-0.3, -0.25) is 19.5 Å². The Kier molecular flexibility index (Phi) is 4.63. The summed E-state index contributed by atoms with van der Waals surface area (Å²) in [7, 11) is 0. The van der Waals surface area contributed by atoms with Crippen LogP contribution in [-0.2, 0) is 0 Å². The highest BCUT2D eigenvalue weighted by atomic mass is 16.6. The van der Waals surface area contributed by atoms with Gasteiger partial charge in [-0.1, -0.05) is 42.5 Å². The fourth-order valence-electron chi connectivity index (χ4n) is 3.97. The molecule has 0 unspecified atom stereocenters. The van der Waals surface area contributed by atoms with Crippen molar-refractivity contribution >= 4 is 39.6 Å². The van der Waals surface area contributed by atoms with E-state index in [1.165, 1.54) is 10.6 Å². The van der Waals surface area contributed by atoms with Gasteiger partial charge in [0, 0.05) is 28.2 Å². The molecule has 0 saturated carbocycles. The van der Waals surface area contributed by atoms with E-state index >= 15 is 0 Å². The van der Waals surface area contributed by atoms with Crippen molar-refractivity contribution in [2.24, 2.45) is 0 Å². The Morgan fingerprint density at radius 1 is 0.938 bits per heavy atom.